The molecule has 5 nitrogen and oxygen atoms in total. The van der Waals surface area contributed by atoms with Crippen molar-refractivity contribution in [2.75, 3.05) is 14.2 Å². The third kappa shape index (κ3) is 3.24. The zero-order valence-electron chi connectivity index (χ0n) is 12.9. The summed E-state index contributed by atoms with van der Waals surface area (Å²) in [6, 6.07) is 4.39. The minimum absolute atomic E-state index is 0.118. The van der Waals surface area contributed by atoms with Crippen molar-refractivity contribution in [3.63, 3.8) is 0 Å². The van der Waals surface area contributed by atoms with Crippen LogP contribution in [0.5, 0.6) is 11.5 Å². The topological polar surface area (TPSA) is 55.8 Å². The highest BCUT2D eigenvalue weighted by atomic mass is 32.2. The highest BCUT2D eigenvalue weighted by Gasteiger charge is 2.30. The molecule has 20 heavy (non-hydrogen) atoms. The molecule has 0 aliphatic rings. The summed E-state index contributed by atoms with van der Waals surface area (Å²) >= 11 is 0. The number of rotatable bonds is 6. The van der Waals surface area contributed by atoms with Crippen LogP contribution >= 0.6 is 0 Å². The number of nitrogens with zero attached hydrogens (tertiary/aromatic N) is 1. The largest absolute Gasteiger partial charge is 0.493 e. The van der Waals surface area contributed by atoms with E-state index in [-0.39, 0.29) is 17.0 Å². The van der Waals surface area contributed by atoms with E-state index in [1.807, 2.05) is 27.7 Å². The smallest absolute Gasteiger partial charge is 0.243 e. The van der Waals surface area contributed by atoms with Crippen molar-refractivity contribution in [2.45, 2.75) is 44.7 Å². The summed E-state index contributed by atoms with van der Waals surface area (Å²) < 4.78 is 37.2. The molecule has 0 aliphatic carbocycles. The Balaban J connectivity index is 3.35. The fourth-order valence-corrected chi connectivity index (χ4v) is 4.10. The van der Waals surface area contributed by atoms with E-state index in [4.69, 9.17) is 9.47 Å². The molecule has 6 heteroatoms. The summed E-state index contributed by atoms with van der Waals surface area (Å²) in [4.78, 5) is 0.206. The van der Waals surface area contributed by atoms with Crippen LogP contribution in [0.4, 0.5) is 0 Å². The fraction of sp³-hybridized carbons (Fsp3) is 0.571. The highest BCUT2D eigenvalue weighted by molar-refractivity contribution is 7.89. The minimum Gasteiger partial charge on any atom is -0.493 e. The lowest BCUT2D eigenvalue weighted by molar-refractivity contribution is 0.302. The van der Waals surface area contributed by atoms with Gasteiger partial charge in [0.05, 0.1) is 19.1 Å². The van der Waals surface area contributed by atoms with Crippen molar-refractivity contribution in [3.05, 3.63) is 18.2 Å². The van der Waals surface area contributed by atoms with Crippen LogP contribution in [0, 0.1) is 0 Å². The number of methoxy groups -OCH3 is 2. The van der Waals surface area contributed by atoms with Gasteiger partial charge in [0.25, 0.3) is 0 Å². The van der Waals surface area contributed by atoms with Crippen LogP contribution in [-0.2, 0) is 10.0 Å². The number of hydrogen-bond acceptors (Lipinski definition) is 4. The first-order chi connectivity index (χ1) is 9.25. The zero-order chi connectivity index (χ0) is 15.5. The SMILES string of the molecule is COc1ccc(S(=O)(=O)N(C(C)C)C(C)C)cc1OC. The van der Waals surface area contributed by atoms with Crippen molar-refractivity contribution in [1.29, 1.82) is 0 Å². The Morgan fingerprint density at radius 3 is 1.85 bits per heavy atom. The van der Waals surface area contributed by atoms with E-state index >= 15 is 0 Å². The molecule has 0 heterocycles. The number of ether oxygens (including phenoxy) is 2. The molecule has 1 aromatic carbocycles. The van der Waals surface area contributed by atoms with E-state index in [1.165, 1.54) is 30.7 Å². The molecule has 114 valence electrons. The summed E-state index contributed by atoms with van der Waals surface area (Å²) in [7, 11) is -0.562. The maximum absolute atomic E-state index is 12.7. The summed E-state index contributed by atoms with van der Waals surface area (Å²) in [6.07, 6.45) is 0. The molecule has 1 rings (SSSR count). The van der Waals surface area contributed by atoms with Crippen molar-refractivity contribution < 1.29 is 17.9 Å². The Labute approximate surface area is 121 Å². The van der Waals surface area contributed by atoms with Crippen LogP contribution in [0.1, 0.15) is 27.7 Å². The van der Waals surface area contributed by atoms with Crippen molar-refractivity contribution in [3.8, 4) is 11.5 Å². The normalized spacial score (nSPS) is 12.2. The molecule has 0 aliphatic heterocycles. The van der Waals surface area contributed by atoms with Gasteiger partial charge in [-0.3, -0.25) is 0 Å². The van der Waals surface area contributed by atoms with Gasteiger partial charge in [-0.05, 0) is 39.8 Å². The van der Waals surface area contributed by atoms with Gasteiger partial charge in [0, 0.05) is 18.2 Å². The van der Waals surface area contributed by atoms with Gasteiger partial charge in [-0.25, -0.2) is 8.42 Å². The average Bonchev–Trinajstić information content (AvgIpc) is 2.36. The van der Waals surface area contributed by atoms with Crippen LogP contribution in [0.3, 0.4) is 0 Å². The Morgan fingerprint density at radius 1 is 0.950 bits per heavy atom. The van der Waals surface area contributed by atoms with Gasteiger partial charge in [-0.15, -0.1) is 0 Å². The van der Waals surface area contributed by atoms with Gasteiger partial charge in [-0.1, -0.05) is 0 Å². The molecule has 0 fully saturated rings. The van der Waals surface area contributed by atoms with Crippen molar-refractivity contribution in [1.82, 2.24) is 4.31 Å². The second-order valence-electron chi connectivity index (χ2n) is 5.04. The minimum atomic E-state index is -3.56. The lowest BCUT2D eigenvalue weighted by Crippen LogP contribution is -2.41. The van der Waals surface area contributed by atoms with E-state index in [9.17, 15) is 8.42 Å². The van der Waals surface area contributed by atoms with Gasteiger partial charge in [0.15, 0.2) is 11.5 Å². The second-order valence-corrected chi connectivity index (χ2v) is 6.88. The van der Waals surface area contributed by atoms with Crippen molar-refractivity contribution in [2.24, 2.45) is 0 Å². The fourth-order valence-electron chi connectivity index (χ4n) is 2.25. The molecule has 0 spiro atoms. The maximum atomic E-state index is 12.7. The highest BCUT2D eigenvalue weighted by Crippen LogP contribution is 2.31. The monoisotopic (exact) mass is 301 g/mol. The number of benzene rings is 1. The third-order valence-corrected chi connectivity index (χ3v) is 5.20. The Bertz CT molecular complexity index is 544. The van der Waals surface area contributed by atoms with E-state index in [0.717, 1.165) is 0 Å². The van der Waals surface area contributed by atoms with Crippen LogP contribution in [0.2, 0.25) is 0 Å². The van der Waals surface area contributed by atoms with E-state index in [1.54, 1.807) is 6.07 Å². The molecule has 0 saturated heterocycles. The van der Waals surface area contributed by atoms with E-state index in [0.29, 0.717) is 11.5 Å². The molecule has 0 saturated carbocycles. The zero-order valence-corrected chi connectivity index (χ0v) is 13.7. The third-order valence-electron chi connectivity index (χ3n) is 2.95. The predicted octanol–water partition coefficient (Wildman–Crippen LogP) is 2.51. The summed E-state index contributed by atoms with van der Waals surface area (Å²) in [6.45, 7) is 7.44. The van der Waals surface area contributed by atoms with Gasteiger partial charge in [-0.2, -0.15) is 4.31 Å². The summed E-state index contributed by atoms with van der Waals surface area (Å²) in [5.74, 6) is 0.910. The van der Waals surface area contributed by atoms with Crippen LogP contribution in [0.15, 0.2) is 23.1 Å². The molecule has 0 amide bonds. The first-order valence-corrected chi connectivity index (χ1v) is 7.95. The summed E-state index contributed by atoms with van der Waals surface area (Å²) in [5.41, 5.74) is 0. The Kier molecular flexibility index (Phi) is 5.42. The molecular formula is C14H23NO4S. The van der Waals surface area contributed by atoms with E-state index < -0.39 is 10.0 Å². The lowest BCUT2D eigenvalue weighted by Gasteiger charge is -2.29. The summed E-state index contributed by atoms with van der Waals surface area (Å²) in [5, 5.41) is 0. The molecule has 0 unspecified atom stereocenters. The number of sulfonamides is 1. The predicted molar refractivity (Wildman–Crippen MR) is 78.8 cm³/mol. The van der Waals surface area contributed by atoms with Crippen molar-refractivity contribution >= 4 is 10.0 Å². The standard InChI is InChI=1S/C14H23NO4S/c1-10(2)15(11(3)4)20(16,17)12-7-8-13(18-5)14(9-12)19-6/h7-11H,1-6H3. The quantitative estimate of drug-likeness (QED) is 0.810. The van der Waals surface area contributed by atoms with Gasteiger partial charge in [0.1, 0.15) is 0 Å². The van der Waals surface area contributed by atoms with Gasteiger partial charge >= 0.3 is 0 Å². The molecule has 1 aromatic rings. The second kappa shape index (κ2) is 6.45. The molecule has 0 aromatic heterocycles. The molecule has 0 radical (unpaired) electrons. The van der Waals surface area contributed by atoms with Crippen LogP contribution in [0.25, 0.3) is 0 Å². The average molecular weight is 301 g/mol. The first kappa shape index (κ1) is 16.8. The van der Waals surface area contributed by atoms with Gasteiger partial charge in [0.2, 0.25) is 10.0 Å². The van der Waals surface area contributed by atoms with Crippen LogP contribution in [-0.4, -0.2) is 39.0 Å². The van der Waals surface area contributed by atoms with Crippen LogP contribution < -0.4 is 9.47 Å². The molecule has 0 N–H and O–H groups in total. The van der Waals surface area contributed by atoms with Gasteiger partial charge < -0.3 is 9.47 Å². The molecular weight excluding hydrogens is 278 g/mol. The maximum Gasteiger partial charge on any atom is 0.243 e. The number of hydrogen-bond donors (Lipinski definition) is 0. The molecule has 0 atom stereocenters. The first-order valence-electron chi connectivity index (χ1n) is 6.51. The lowest BCUT2D eigenvalue weighted by atomic mass is 10.3. The Hall–Kier alpha value is -1.27. The molecule has 0 bridgehead atoms. The Morgan fingerprint density at radius 2 is 1.45 bits per heavy atom. The van der Waals surface area contributed by atoms with E-state index in [2.05, 4.69) is 0 Å².